The highest BCUT2D eigenvalue weighted by Crippen LogP contribution is 2.59. The van der Waals surface area contributed by atoms with Crippen molar-refractivity contribution >= 4 is 9.24 Å². The molecule has 22 heavy (non-hydrogen) atoms. The molecule has 3 heteroatoms. The maximum absolute atomic E-state index is 3.73. The van der Waals surface area contributed by atoms with E-state index in [0.29, 0.717) is 5.54 Å². The fourth-order valence-electron chi connectivity index (χ4n) is 5.56. The van der Waals surface area contributed by atoms with E-state index in [-0.39, 0.29) is 10.7 Å². The highest BCUT2D eigenvalue weighted by molar-refractivity contribution is 7.18. The zero-order valence-electron chi connectivity index (χ0n) is 14.6. The first-order valence-corrected chi connectivity index (χ1v) is 9.60. The first kappa shape index (κ1) is 15.3. The SMILES string of the molecule is CC(C)(C)C(C)(P)N1[C]N(C23CC4CC(CC(C4)C2)C3)C=C1. The van der Waals surface area contributed by atoms with Crippen molar-refractivity contribution in [2.75, 3.05) is 0 Å². The van der Waals surface area contributed by atoms with Crippen LogP contribution in [0.4, 0.5) is 0 Å². The quantitative estimate of drug-likeness (QED) is 0.682. The van der Waals surface area contributed by atoms with E-state index in [1.54, 1.807) is 0 Å². The summed E-state index contributed by atoms with van der Waals surface area (Å²) in [6.07, 6.45) is 13.3. The van der Waals surface area contributed by atoms with E-state index in [0.717, 1.165) is 17.8 Å². The third-order valence-electron chi connectivity index (χ3n) is 7.12. The Hall–Kier alpha value is -0.230. The first-order chi connectivity index (χ1) is 10.2. The minimum absolute atomic E-state index is 0.000540. The lowest BCUT2D eigenvalue weighted by Gasteiger charge is -2.60. The molecule has 2 unspecified atom stereocenters. The van der Waals surface area contributed by atoms with Crippen molar-refractivity contribution in [3.05, 3.63) is 19.1 Å². The maximum Gasteiger partial charge on any atom is 0.209 e. The van der Waals surface area contributed by atoms with Gasteiger partial charge in [-0.3, -0.25) is 0 Å². The van der Waals surface area contributed by atoms with Gasteiger partial charge in [0.1, 0.15) is 0 Å². The van der Waals surface area contributed by atoms with Gasteiger partial charge in [0, 0.05) is 17.9 Å². The van der Waals surface area contributed by atoms with E-state index in [9.17, 15) is 0 Å². The lowest BCUT2D eigenvalue weighted by atomic mass is 9.52. The third-order valence-corrected chi connectivity index (χ3v) is 8.26. The van der Waals surface area contributed by atoms with Crippen LogP contribution in [0, 0.1) is 29.8 Å². The van der Waals surface area contributed by atoms with Crippen LogP contribution in [-0.2, 0) is 0 Å². The lowest BCUT2D eigenvalue weighted by Crippen LogP contribution is -2.58. The van der Waals surface area contributed by atoms with Gasteiger partial charge in [0.2, 0.25) is 6.67 Å². The lowest BCUT2D eigenvalue weighted by molar-refractivity contribution is -0.0666. The van der Waals surface area contributed by atoms with Gasteiger partial charge in [0.15, 0.2) is 0 Å². The summed E-state index contributed by atoms with van der Waals surface area (Å²) in [5, 5.41) is 0.000540. The molecular formula is C19H31N2P. The Morgan fingerprint density at radius 1 is 0.955 bits per heavy atom. The van der Waals surface area contributed by atoms with Gasteiger partial charge in [0.25, 0.3) is 0 Å². The second-order valence-corrected chi connectivity index (χ2v) is 10.8. The molecule has 4 bridgehead atoms. The molecule has 4 aliphatic carbocycles. The van der Waals surface area contributed by atoms with E-state index in [2.05, 4.69) is 65.8 Å². The molecule has 0 N–H and O–H groups in total. The molecule has 5 aliphatic rings. The molecule has 0 aromatic heterocycles. The van der Waals surface area contributed by atoms with Crippen LogP contribution in [0.3, 0.4) is 0 Å². The van der Waals surface area contributed by atoms with Crippen molar-refractivity contribution in [2.45, 2.75) is 77.0 Å². The molecule has 4 saturated carbocycles. The molecule has 122 valence electrons. The Kier molecular flexibility index (Phi) is 3.24. The summed E-state index contributed by atoms with van der Waals surface area (Å²) in [6, 6.07) is 0. The van der Waals surface area contributed by atoms with Gasteiger partial charge in [-0.2, -0.15) is 0 Å². The van der Waals surface area contributed by atoms with E-state index < -0.39 is 0 Å². The Labute approximate surface area is 138 Å². The monoisotopic (exact) mass is 318 g/mol. The second-order valence-electron chi connectivity index (χ2n) is 9.68. The smallest absolute Gasteiger partial charge is 0.209 e. The highest BCUT2D eigenvalue weighted by atomic mass is 31.0. The molecule has 4 fully saturated rings. The van der Waals surface area contributed by atoms with Crippen molar-refractivity contribution in [2.24, 2.45) is 23.2 Å². The van der Waals surface area contributed by atoms with Crippen LogP contribution in [0.25, 0.3) is 0 Å². The van der Waals surface area contributed by atoms with Gasteiger partial charge < -0.3 is 9.80 Å². The van der Waals surface area contributed by atoms with E-state index in [1.165, 1.54) is 38.5 Å². The normalized spacial score (nSPS) is 43.0. The Morgan fingerprint density at radius 2 is 1.45 bits per heavy atom. The average Bonchev–Trinajstić information content (AvgIpc) is 2.86. The number of rotatable bonds is 2. The maximum atomic E-state index is 3.73. The molecule has 2 nitrogen and oxygen atoms in total. The van der Waals surface area contributed by atoms with Crippen LogP contribution in [-0.4, -0.2) is 20.6 Å². The molecule has 1 aliphatic heterocycles. The van der Waals surface area contributed by atoms with Gasteiger partial charge in [-0.25, -0.2) is 0 Å². The second kappa shape index (κ2) is 4.65. The Balaban J connectivity index is 1.53. The number of hydrogen-bond acceptors (Lipinski definition) is 2. The van der Waals surface area contributed by atoms with Crippen molar-refractivity contribution in [3.63, 3.8) is 0 Å². The highest BCUT2D eigenvalue weighted by Gasteiger charge is 2.55. The summed E-state index contributed by atoms with van der Waals surface area (Å²) < 4.78 is 0. The van der Waals surface area contributed by atoms with Crippen LogP contribution in [0.1, 0.15) is 66.2 Å². The Bertz CT molecular complexity index is 453. The molecule has 5 rings (SSSR count). The van der Waals surface area contributed by atoms with Gasteiger partial charge in [-0.1, -0.05) is 20.8 Å². The predicted molar refractivity (Wildman–Crippen MR) is 94.5 cm³/mol. The first-order valence-electron chi connectivity index (χ1n) is 9.02. The third kappa shape index (κ3) is 2.16. The molecule has 0 spiro atoms. The van der Waals surface area contributed by atoms with E-state index in [4.69, 9.17) is 0 Å². The van der Waals surface area contributed by atoms with E-state index in [1.807, 2.05) is 0 Å². The molecule has 0 aromatic carbocycles. The fraction of sp³-hybridized carbons (Fsp3) is 0.842. The van der Waals surface area contributed by atoms with Crippen LogP contribution in [0.5, 0.6) is 0 Å². The summed E-state index contributed by atoms with van der Waals surface area (Å²) in [7, 11) is 3.06. The summed E-state index contributed by atoms with van der Waals surface area (Å²) >= 11 is 0. The number of nitrogens with zero attached hydrogens (tertiary/aromatic N) is 2. The average molecular weight is 318 g/mol. The predicted octanol–water partition coefficient (Wildman–Crippen LogP) is 4.68. The van der Waals surface area contributed by atoms with Crippen LogP contribution in [0.15, 0.2) is 12.4 Å². The van der Waals surface area contributed by atoms with Crippen LogP contribution < -0.4 is 0 Å². The van der Waals surface area contributed by atoms with Crippen molar-refractivity contribution in [1.29, 1.82) is 0 Å². The molecule has 0 saturated heterocycles. The van der Waals surface area contributed by atoms with Crippen molar-refractivity contribution < 1.29 is 0 Å². The standard InChI is InChI=1S/C19H31N2P/c1-17(2,3)18(4,22)20-5-6-21(13-20)19-10-14-7-15(11-19)9-16(8-14)12-19/h5-6,14-16H,7-12,22H2,1-4H3. The van der Waals surface area contributed by atoms with Crippen molar-refractivity contribution in [3.8, 4) is 0 Å². The van der Waals surface area contributed by atoms with Gasteiger partial charge in [-0.05, 0) is 68.6 Å². The fourth-order valence-corrected chi connectivity index (χ4v) is 5.70. The molecule has 2 atom stereocenters. The van der Waals surface area contributed by atoms with Crippen molar-refractivity contribution in [1.82, 2.24) is 9.80 Å². The minimum Gasteiger partial charge on any atom is -0.340 e. The largest absolute Gasteiger partial charge is 0.340 e. The molecule has 2 radical (unpaired) electrons. The summed E-state index contributed by atoms with van der Waals surface area (Å²) in [5.41, 5.74) is 0.575. The molecular weight excluding hydrogens is 287 g/mol. The van der Waals surface area contributed by atoms with Gasteiger partial charge >= 0.3 is 0 Å². The van der Waals surface area contributed by atoms with E-state index >= 15 is 0 Å². The zero-order chi connectivity index (χ0) is 15.8. The zero-order valence-corrected chi connectivity index (χ0v) is 15.8. The molecule has 1 heterocycles. The summed E-state index contributed by atoms with van der Waals surface area (Å²) in [4.78, 5) is 4.78. The van der Waals surface area contributed by atoms with Crippen LogP contribution in [0.2, 0.25) is 0 Å². The molecule has 0 amide bonds. The van der Waals surface area contributed by atoms with Gasteiger partial charge in [0.05, 0.1) is 5.28 Å². The number of hydrogen-bond donors (Lipinski definition) is 0. The van der Waals surface area contributed by atoms with Crippen LogP contribution >= 0.6 is 9.24 Å². The summed E-state index contributed by atoms with van der Waals surface area (Å²) in [5.74, 6) is 2.96. The topological polar surface area (TPSA) is 6.48 Å². The summed E-state index contributed by atoms with van der Waals surface area (Å²) in [6.45, 7) is 13.0. The minimum atomic E-state index is 0.000540. The van der Waals surface area contributed by atoms with Gasteiger partial charge in [-0.15, -0.1) is 9.24 Å². The Morgan fingerprint density at radius 3 is 1.91 bits per heavy atom. The molecule has 0 aromatic rings.